The van der Waals surface area contributed by atoms with Gasteiger partial charge in [-0.25, -0.2) is 0 Å². The van der Waals surface area contributed by atoms with E-state index in [2.05, 4.69) is 18.6 Å². The van der Waals surface area contributed by atoms with Crippen LogP contribution in [-0.4, -0.2) is 27.8 Å². The molecule has 2 aromatic rings. The molecule has 1 N–H and O–H groups in total. The average molecular weight is 342 g/mol. The highest BCUT2D eigenvalue weighted by molar-refractivity contribution is 7.63. The minimum Gasteiger partial charge on any atom is -0.310 e. The molecule has 1 aromatic carbocycles. The summed E-state index contributed by atoms with van der Waals surface area (Å²) in [7, 11) is 2.66. The van der Waals surface area contributed by atoms with Gasteiger partial charge >= 0.3 is 7.87 Å². The standard InChI is InChI=1S/C11H17N3O2P.C4H10.C2H6/c1-13-9-7-5-6-8-10(9)14(2)11(13)12-17(4,15)16-3;1-3-4-2;1-2/h5-8,15H,1-4H3;3-4H2,1-2H3;1-2H3/q+1;;. The lowest BCUT2D eigenvalue weighted by Gasteiger charge is -2.03. The van der Waals surface area contributed by atoms with Gasteiger partial charge in [0.15, 0.2) is 0 Å². The van der Waals surface area contributed by atoms with Gasteiger partial charge in [0.2, 0.25) is 0 Å². The lowest BCUT2D eigenvalue weighted by atomic mass is 10.3. The molecule has 0 bridgehead atoms. The molecule has 0 aliphatic heterocycles. The van der Waals surface area contributed by atoms with Crippen molar-refractivity contribution in [1.82, 2.24) is 9.13 Å². The third-order valence-corrected chi connectivity index (χ3v) is 4.57. The van der Waals surface area contributed by atoms with E-state index in [0.717, 1.165) is 11.0 Å². The summed E-state index contributed by atoms with van der Waals surface area (Å²) in [4.78, 5) is 9.95. The Hall–Kier alpha value is -1.16. The number of para-hydroxylation sites is 2. The summed E-state index contributed by atoms with van der Waals surface area (Å²) in [6, 6.07) is 8.01. The zero-order valence-electron chi connectivity index (χ0n) is 15.9. The van der Waals surface area contributed by atoms with Crippen LogP contribution in [0.4, 0.5) is 0 Å². The smallest absolute Gasteiger partial charge is 0.310 e. The Kier molecular flexibility index (Phi) is 10.1. The van der Waals surface area contributed by atoms with E-state index >= 15 is 0 Å². The molecule has 0 radical (unpaired) electrons. The van der Waals surface area contributed by atoms with Crippen LogP contribution in [0.2, 0.25) is 0 Å². The molecule has 1 unspecified atom stereocenters. The summed E-state index contributed by atoms with van der Waals surface area (Å²) in [6.07, 6.45) is 2.64. The summed E-state index contributed by atoms with van der Waals surface area (Å²) < 4.78 is 13.2. The van der Waals surface area contributed by atoms with Gasteiger partial charge in [-0.15, -0.1) is 0 Å². The number of rotatable bonds is 3. The Morgan fingerprint density at radius 3 is 1.74 bits per heavy atom. The summed E-state index contributed by atoms with van der Waals surface area (Å²) >= 11 is 0. The normalized spacial score (nSPS) is 12.6. The first kappa shape index (κ1) is 21.8. The van der Waals surface area contributed by atoms with Crippen molar-refractivity contribution in [2.24, 2.45) is 18.9 Å². The van der Waals surface area contributed by atoms with Crippen LogP contribution in [0, 0.1) is 0 Å². The highest BCUT2D eigenvalue weighted by Crippen LogP contribution is 2.51. The van der Waals surface area contributed by atoms with Crippen molar-refractivity contribution in [3.63, 3.8) is 0 Å². The fourth-order valence-electron chi connectivity index (χ4n) is 1.81. The Labute approximate surface area is 141 Å². The van der Waals surface area contributed by atoms with E-state index < -0.39 is 7.87 Å². The van der Waals surface area contributed by atoms with E-state index in [4.69, 9.17) is 4.52 Å². The van der Waals surface area contributed by atoms with Crippen LogP contribution < -0.4 is 5.62 Å². The van der Waals surface area contributed by atoms with Crippen molar-refractivity contribution in [2.75, 3.05) is 13.8 Å². The maximum Gasteiger partial charge on any atom is 0.391 e. The molecule has 0 spiro atoms. The lowest BCUT2D eigenvalue weighted by Crippen LogP contribution is -2.22. The van der Waals surface area contributed by atoms with Gasteiger partial charge in [0, 0.05) is 14.1 Å². The molecule has 0 aliphatic rings. The van der Waals surface area contributed by atoms with Gasteiger partial charge < -0.3 is 9.13 Å². The van der Waals surface area contributed by atoms with Gasteiger partial charge in [-0.2, -0.15) is 9.42 Å². The minimum atomic E-state index is -2.67. The van der Waals surface area contributed by atoms with Crippen molar-refractivity contribution in [2.45, 2.75) is 40.5 Å². The number of imidazole rings is 1. The molecule has 6 heteroatoms. The molecule has 0 saturated heterocycles. The van der Waals surface area contributed by atoms with Gasteiger partial charge in [0.05, 0.1) is 18.1 Å². The second-order valence-corrected chi connectivity index (χ2v) is 7.26. The largest absolute Gasteiger partial charge is 0.391 e. The Morgan fingerprint density at radius 2 is 1.43 bits per heavy atom. The molecular weight excluding hydrogens is 309 g/mol. The number of fused-ring (bicyclic) bond motifs is 1. The Bertz CT molecular complexity index is 601. The molecule has 0 amide bonds. The molecule has 0 saturated carbocycles. The number of aryl methyl sites for hydroxylation is 2. The first-order valence-electron chi connectivity index (χ1n) is 8.19. The highest BCUT2D eigenvalue weighted by atomic mass is 31.2. The fourth-order valence-corrected chi connectivity index (χ4v) is 2.49. The van der Waals surface area contributed by atoms with E-state index in [1.807, 2.05) is 61.3 Å². The predicted molar refractivity (Wildman–Crippen MR) is 101 cm³/mol. The molecule has 0 fully saturated rings. The number of nitrogens with zero attached hydrogens (tertiary/aromatic N) is 3. The second-order valence-electron chi connectivity index (χ2n) is 5.02. The van der Waals surface area contributed by atoms with E-state index in [1.54, 1.807) is 6.66 Å². The quantitative estimate of drug-likeness (QED) is 0.846. The van der Waals surface area contributed by atoms with Crippen LogP contribution in [0.15, 0.2) is 29.0 Å². The molecule has 1 atom stereocenters. The SMILES string of the molecule is CC.CCCC.CO[P+](C)(O)N=c1n(C)c2ccccc2n1C. The number of hydrogen-bond acceptors (Lipinski definition) is 3. The number of aromatic nitrogens is 2. The molecule has 5 nitrogen and oxygen atoms in total. The fraction of sp³-hybridized carbons (Fsp3) is 0.588. The second kappa shape index (κ2) is 10.6. The summed E-state index contributed by atoms with van der Waals surface area (Å²) in [6.45, 7) is 9.98. The zero-order chi connectivity index (χ0) is 18.0. The first-order valence-corrected chi connectivity index (χ1v) is 10.3. The third kappa shape index (κ3) is 6.09. The summed E-state index contributed by atoms with van der Waals surface area (Å²) in [5.74, 6) is 0. The molecule has 23 heavy (non-hydrogen) atoms. The van der Waals surface area contributed by atoms with Crippen LogP contribution in [0.5, 0.6) is 0 Å². The van der Waals surface area contributed by atoms with Crippen molar-refractivity contribution < 1.29 is 9.42 Å². The predicted octanol–water partition coefficient (Wildman–Crippen LogP) is 4.28. The molecular formula is C17H33N3O2P+. The van der Waals surface area contributed by atoms with Gasteiger partial charge in [-0.05, 0) is 16.9 Å². The molecule has 1 heterocycles. The van der Waals surface area contributed by atoms with Gasteiger partial charge in [-0.3, -0.25) is 0 Å². The Morgan fingerprint density at radius 1 is 1.04 bits per heavy atom. The Balaban J connectivity index is 0.000000705. The van der Waals surface area contributed by atoms with Crippen molar-refractivity contribution in [1.29, 1.82) is 0 Å². The third-order valence-electron chi connectivity index (χ3n) is 3.33. The summed E-state index contributed by atoms with van der Waals surface area (Å²) in [5, 5.41) is 0. The first-order chi connectivity index (χ1) is 10.9. The molecule has 132 valence electrons. The maximum absolute atomic E-state index is 9.95. The van der Waals surface area contributed by atoms with E-state index in [-0.39, 0.29) is 0 Å². The topological polar surface area (TPSA) is 51.7 Å². The van der Waals surface area contributed by atoms with Crippen molar-refractivity contribution >= 4 is 18.9 Å². The van der Waals surface area contributed by atoms with Crippen LogP contribution in [0.1, 0.15) is 40.5 Å². The molecule has 2 rings (SSSR count). The zero-order valence-corrected chi connectivity index (χ0v) is 16.8. The van der Waals surface area contributed by atoms with E-state index in [0.29, 0.717) is 5.62 Å². The molecule has 1 aromatic heterocycles. The van der Waals surface area contributed by atoms with E-state index in [9.17, 15) is 4.89 Å². The monoisotopic (exact) mass is 342 g/mol. The lowest BCUT2D eigenvalue weighted by molar-refractivity contribution is 0.370. The number of hydrogen-bond donors (Lipinski definition) is 1. The summed E-state index contributed by atoms with van der Waals surface area (Å²) in [5.41, 5.74) is 2.85. The van der Waals surface area contributed by atoms with Crippen molar-refractivity contribution in [3.05, 3.63) is 29.9 Å². The van der Waals surface area contributed by atoms with E-state index in [1.165, 1.54) is 20.0 Å². The van der Waals surface area contributed by atoms with Crippen LogP contribution in [-0.2, 0) is 18.6 Å². The van der Waals surface area contributed by atoms with Gasteiger partial charge in [0.1, 0.15) is 6.66 Å². The van der Waals surface area contributed by atoms with Crippen molar-refractivity contribution in [3.8, 4) is 0 Å². The highest BCUT2D eigenvalue weighted by Gasteiger charge is 2.29. The van der Waals surface area contributed by atoms with Crippen LogP contribution in [0.25, 0.3) is 11.0 Å². The minimum absolute atomic E-state index is 0.700. The maximum atomic E-state index is 9.95. The van der Waals surface area contributed by atoms with Crippen LogP contribution in [0.3, 0.4) is 0 Å². The average Bonchev–Trinajstić information content (AvgIpc) is 2.82. The number of benzene rings is 1. The van der Waals surface area contributed by atoms with Gasteiger partial charge in [0.25, 0.3) is 5.62 Å². The van der Waals surface area contributed by atoms with Crippen LogP contribution >= 0.6 is 7.87 Å². The van der Waals surface area contributed by atoms with Gasteiger partial charge in [-0.1, -0.05) is 52.7 Å². The molecule has 0 aliphatic carbocycles. The number of unbranched alkanes of at least 4 members (excludes halogenated alkanes) is 1.